The predicted molar refractivity (Wildman–Crippen MR) is 214 cm³/mol. The number of hydrogen-bond donors (Lipinski definition) is 0. The van der Waals surface area contributed by atoms with E-state index in [1.807, 2.05) is 0 Å². The molecule has 282 valence electrons. The van der Waals surface area contributed by atoms with Crippen molar-refractivity contribution in [3.63, 3.8) is 0 Å². The van der Waals surface area contributed by atoms with Gasteiger partial charge in [0.1, 0.15) is 0 Å². The molecule has 2 bridgehead atoms. The molecule has 5 atom stereocenters. The minimum absolute atomic E-state index is 0.308. The van der Waals surface area contributed by atoms with Crippen LogP contribution in [0.25, 0.3) is 0 Å². The number of ether oxygens (including phenoxy) is 2. The first-order chi connectivity index (χ1) is 24.1. The van der Waals surface area contributed by atoms with Gasteiger partial charge in [-0.3, -0.25) is 0 Å². The average molecular weight is 680 g/mol. The first kappa shape index (κ1) is 42.3. The highest BCUT2D eigenvalue weighted by Gasteiger charge is 2.62. The molecule has 3 aliphatic rings. The quantitative estimate of drug-likeness (QED) is 0.0538. The van der Waals surface area contributed by atoms with Crippen LogP contribution in [0.2, 0.25) is 0 Å². The van der Waals surface area contributed by atoms with E-state index in [-0.39, 0.29) is 5.79 Å². The van der Waals surface area contributed by atoms with Crippen molar-refractivity contribution >= 4 is 0 Å². The van der Waals surface area contributed by atoms with Gasteiger partial charge in [0, 0.05) is 24.8 Å². The molecule has 0 aromatic rings. The number of unbranched alkanes of at least 4 members (excludes halogenated alkanes) is 18. The maximum absolute atomic E-state index is 7.06. The van der Waals surface area contributed by atoms with E-state index in [1.165, 1.54) is 154 Å². The summed E-state index contributed by atoms with van der Waals surface area (Å²) >= 11 is 0. The van der Waals surface area contributed by atoms with Crippen molar-refractivity contribution in [2.24, 2.45) is 11.8 Å². The molecule has 0 amide bonds. The molecule has 0 aromatic heterocycles. The molecule has 0 spiro atoms. The van der Waals surface area contributed by atoms with Gasteiger partial charge in [-0.2, -0.15) is 0 Å². The summed E-state index contributed by atoms with van der Waals surface area (Å²) in [5.41, 5.74) is 0. The van der Waals surface area contributed by atoms with Crippen LogP contribution in [0, 0.1) is 11.8 Å². The van der Waals surface area contributed by atoms with E-state index >= 15 is 0 Å². The minimum Gasteiger partial charge on any atom is -0.344 e. The van der Waals surface area contributed by atoms with Gasteiger partial charge in [-0.15, -0.1) is 0 Å². The fourth-order valence-electron chi connectivity index (χ4n) is 8.78. The zero-order chi connectivity index (χ0) is 34.8. The Bertz CT molecular complexity index is 870. The smallest absolute Gasteiger partial charge is 0.169 e. The van der Waals surface area contributed by atoms with Crippen LogP contribution >= 0.6 is 0 Å². The van der Waals surface area contributed by atoms with E-state index in [0.717, 1.165) is 25.7 Å². The Labute approximate surface area is 305 Å². The predicted octanol–water partition coefficient (Wildman–Crippen LogP) is 13.8. The largest absolute Gasteiger partial charge is 0.344 e. The normalized spacial score (nSPS) is 24.7. The van der Waals surface area contributed by atoms with Gasteiger partial charge in [-0.1, -0.05) is 140 Å². The van der Waals surface area contributed by atoms with Crippen LogP contribution in [0.15, 0.2) is 48.6 Å². The number of hydrogen-bond acceptors (Lipinski definition) is 3. The fourth-order valence-corrected chi connectivity index (χ4v) is 8.78. The van der Waals surface area contributed by atoms with Crippen LogP contribution in [-0.4, -0.2) is 43.0 Å². The zero-order valence-electron chi connectivity index (χ0n) is 33.1. The Kier molecular flexibility index (Phi) is 22.9. The Morgan fingerprint density at radius 1 is 0.490 bits per heavy atom. The molecule has 1 aliphatic heterocycles. The van der Waals surface area contributed by atoms with Crippen molar-refractivity contribution < 1.29 is 9.47 Å². The Morgan fingerprint density at radius 2 is 0.898 bits per heavy atom. The molecule has 2 aliphatic carbocycles. The third kappa shape index (κ3) is 16.8. The Morgan fingerprint density at radius 3 is 1.35 bits per heavy atom. The number of fused-ring (bicyclic) bond motifs is 5. The lowest BCUT2D eigenvalue weighted by molar-refractivity contribution is -0.196. The van der Waals surface area contributed by atoms with Crippen LogP contribution < -0.4 is 0 Å². The van der Waals surface area contributed by atoms with Gasteiger partial charge in [0.25, 0.3) is 0 Å². The van der Waals surface area contributed by atoms with Gasteiger partial charge in [0.15, 0.2) is 5.79 Å². The first-order valence-corrected chi connectivity index (χ1v) is 21.7. The summed E-state index contributed by atoms with van der Waals surface area (Å²) < 4.78 is 14.1. The van der Waals surface area contributed by atoms with E-state index in [9.17, 15) is 0 Å². The van der Waals surface area contributed by atoms with Gasteiger partial charge >= 0.3 is 0 Å². The molecule has 49 heavy (non-hydrogen) atoms. The second-order valence-corrected chi connectivity index (χ2v) is 16.2. The second kappa shape index (κ2) is 26.6. The maximum atomic E-state index is 7.06. The van der Waals surface area contributed by atoms with Crippen LogP contribution in [-0.2, 0) is 9.47 Å². The second-order valence-electron chi connectivity index (χ2n) is 16.2. The summed E-state index contributed by atoms with van der Waals surface area (Å²) in [5, 5.41) is 0. The molecule has 3 fully saturated rings. The Hall–Kier alpha value is -1.16. The van der Waals surface area contributed by atoms with Gasteiger partial charge in [-0.25, -0.2) is 0 Å². The van der Waals surface area contributed by atoms with Gasteiger partial charge in [0.2, 0.25) is 0 Å². The number of nitrogens with zero attached hydrogens (tertiary/aromatic N) is 1. The summed E-state index contributed by atoms with van der Waals surface area (Å²) in [5.74, 6) is 1.06. The van der Waals surface area contributed by atoms with Crippen LogP contribution in [0.5, 0.6) is 0 Å². The summed E-state index contributed by atoms with van der Waals surface area (Å²) in [6.45, 7) is 4.55. The van der Waals surface area contributed by atoms with Gasteiger partial charge < -0.3 is 14.4 Å². The lowest BCUT2D eigenvalue weighted by Gasteiger charge is -2.33. The molecule has 0 N–H and O–H groups in total. The van der Waals surface area contributed by atoms with Gasteiger partial charge in [-0.05, 0) is 110 Å². The molecule has 0 radical (unpaired) electrons. The summed E-state index contributed by atoms with van der Waals surface area (Å²) in [6.07, 6.45) is 55.6. The van der Waals surface area contributed by atoms with Crippen molar-refractivity contribution in [1.29, 1.82) is 0 Å². The lowest BCUT2D eigenvalue weighted by atomic mass is 9.90. The average Bonchev–Trinajstić information content (AvgIpc) is 3.79. The van der Waals surface area contributed by atoms with E-state index in [4.69, 9.17) is 9.47 Å². The minimum atomic E-state index is -0.308. The van der Waals surface area contributed by atoms with Crippen molar-refractivity contribution in [1.82, 2.24) is 4.90 Å². The van der Waals surface area contributed by atoms with E-state index in [1.54, 1.807) is 0 Å². The van der Waals surface area contributed by atoms with Gasteiger partial charge in [0.05, 0.1) is 12.2 Å². The Balaban J connectivity index is 1.27. The van der Waals surface area contributed by atoms with Crippen LogP contribution in [0.3, 0.4) is 0 Å². The molecule has 3 nitrogen and oxygen atoms in total. The standard InChI is InChI=1S/C46H81NO2/c1-5-7-9-11-13-15-17-19-21-23-25-27-29-31-33-35-37-46(48-44-41-39-42(45(44)49-46)43(40-41)47(3)4)38-36-34-32-30-28-26-24-22-20-18-16-14-12-10-8-6-2/h13-16,19-22,41-45H,5-12,17-18,23-40H2,1-4H3/b15-13-,16-14-,21-19-,22-20-/t41-,42+,43-,44-,45+/m1/s1. The first-order valence-electron chi connectivity index (χ1n) is 21.7. The maximum Gasteiger partial charge on any atom is 0.169 e. The molecule has 0 unspecified atom stereocenters. The SMILES string of the molecule is CCCCC/C=C\C/C=C\CCCCCCCCC1(CCCCCCCC/C=C\C/C=C\CCCCC)O[C@@H]2[C@@H]3C[C@H]([C@@H]2O1)[C@H](N(C)C)C3. The highest BCUT2D eigenvalue weighted by atomic mass is 16.8. The zero-order valence-corrected chi connectivity index (χ0v) is 33.1. The highest BCUT2D eigenvalue weighted by Crippen LogP contribution is 2.55. The molecule has 3 rings (SSSR count). The molecule has 1 saturated heterocycles. The summed E-state index contributed by atoms with van der Waals surface area (Å²) in [6, 6.07) is 0.675. The van der Waals surface area contributed by atoms with Crippen molar-refractivity contribution in [2.75, 3.05) is 14.1 Å². The fraction of sp³-hybridized carbons (Fsp3) is 0.826. The monoisotopic (exact) mass is 680 g/mol. The summed E-state index contributed by atoms with van der Waals surface area (Å²) in [7, 11) is 4.52. The van der Waals surface area contributed by atoms with E-state index in [0.29, 0.717) is 30.1 Å². The molecule has 3 heteroatoms. The van der Waals surface area contributed by atoms with Crippen LogP contribution in [0.4, 0.5) is 0 Å². The summed E-state index contributed by atoms with van der Waals surface area (Å²) in [4.78, 5) is 2.45. The third-order valence-electron chi connectivity index (χ3n) is 11.7. The molecule has 1 heterocycles. The van der Waals surface area contributed by atoms with E-state index < -0.39 is 0 Å². The third-order valence-corrected chi connectivity index (χ3v) is 11.7. The molecule has 0 aromatic carbocycles. The number of rotatable bonds is 31. The van der Waals surface area contributed by atoms with E-state index in [2.05, 4.69) is 81.5 Å². The molecular weight excluding hydrogens is 599 g/mol. The van der Waals surface area contributed by atoms with Crippen molar-refractivity contribution in [3.05, 3.63) is 48.6 Å². The molecular formula is C46H81NO2. The molecule has 2 saturated carbocycles. The van der Waals surface area contributed by atoms with Crippen molar-refractivity contribution in [2.45, 2.75) is 218 Å². The highest BCUT2D eigenvalue weighted by molar-refractivity contribution is 5.09. The number of allylic oxidation sites excluding steroid dienone is 8. The van der Waals surface area contributed by atoms with Crippen LogP contribution in [0.1, 0.15) is 194 Å². The lowest BCUT2D eigenvalue weighted by Crippen LogP contribution is -2.43. The topological polar surface area (TPSA) is 21.7 Å². The van der Waals surface area contributed by atoms with Crippen molar-refractivity contribution in [3.8, 4) is 0 Å².